The minimum Gasteiger partial charge on any atom is -0.389 e. The Hall–Kier alpha value is -1.19. The van der Waals surface area contributed by atoms with Gasteiger partial charge < -0.3 is 5.73 Å². The zero-order chi connectivity index (χ0) is 13.7. The highest BCUT2D eigenvalue weighted by atomic mass is 79.9. The molecule has 0 amide bonds. The van der Waals surface area contributed by atoms with Crippen LogP contribution in [0.25, 0.3) is 11.1 Å². The van der Waals surface area contributed by atoms with Crippen LogP contribution in [-0.4, -0.2) is 10.3 Å². The monoisotopic (exact) mass is 333 g/mol. The first-order valence-corrected chi connectivity index (χ1v) is 7.79. The number of alkyl halides is 1. The predicted molar refractivity (Wildman–Crippen MR) is 89.9 cm³/mol. The topological polar surface area (TPSA) is 26.0 Å². The first kappa shape index (κ1) is 14.2. The lowest BCUT2D eigenvalue weighted by Crippen LogP contribution is -2.10. The van der Waals surface area contributed by atoms with Crippen molar-refractivity contribution in [1.82, 2.24) is 0 Å². The molecule has 0 unspecified atom stereocenters. The summed E-state index contributed by atoms with van der Waals surface area (Å²) in [5, 5.41) is 1.04. The van der Waals surface area contributed by atoms with Crippen molar-refractivity contribution in [2.45, 2.75) is 12.8 Å². The molecule has 2 N–H and O–H groups in total. The van der Waals surface area contributed by atoms with Crippen LogP contribution in [-0.2, 0) is 6.42 Å². The zero-order valence-corrected chi connectivity index (χ0v) is 13.0. The molecule has 0 aromatic heterocycles. The first-order valence-electron chi connectivity index (χ1n) is 6.26. The Morgan fingerprint density at radius 1 is 1.05 bits per heavy atom. The standard InChI is InChI=1S/C16H16BrNS/c17-11-3-4-12-7-9-13(10-8-12)14-5-1-2-6-15(14)16(18)19/h1-2,5-10H,3-4,11H2,(H2,18,19). The first-order chi connectivity index (χ1) is 9.22. The molecule has 0 atom stereocenters. The number of aryl methyl sites for hydroxylation is 1. The van der Waals surface area contributed by atoms with Crippen molar-refractivity contribution in [3.63, 3.8) is 0 Å². The van der Waals surface area contributed by atoms with E-state index in [2.05, 4.69) is 46.3 Å². The second-order valence-electron chi connectivity index (χ2n) is 4.40. The summed E-state index contributed by atoms with van der Waals surface area (Å²) < 4.78 is 0. The molecule has 0 radical (unpaired) electrons. The van der Waals surface area contributed by atoms with Gasteiger partial charge >= 0.3 is 0 Å². The fourth-order valence-corrected chi connectivity index (χ4v) is 2.53. The third-order valence-electron chi connectivity index (χ3n) is 3.06. The minimum atomic E-state index is 0.443. The van der Waals surface area contributed by atoms with Crippen LogP contribution in [0.3, 0.4) is 0 Å². The summed E-state index contributed by atoms with van der Waals surface area (Å²) in [4.78, 5) is 0.443. The molecule has 19 heavy (non-hydrogen) atoms. The molecule has 0 aliphatic heterocycles. The van der Waals surface area contributed by atoms with E-state index in [4.69, 9.17) is 18.0 Å². The third kappa shape index (κ3) is 3.64. The highest BCUT2D eigenvalue weighted by Gasteiger charge is 2.06. The van der Waals surface area contributed by atoms with Crippen molar-refractivity contribution in [3.8, 4) is 11.1 Å². The number of hydrogen-bond acceptors (Lipinski definition) is 1. The molecule has 98 valence electrons. The second kappa shape index (κ2) is 6.83. The highest BCUT2D eigenvalue weighted by Crippen LogP contribution is 2.24. The fraction of sp³-hybridized carbons (Fsp3) is 0.188. The van der Waals surface area contributed by atoms with E-state index >= 15 is 0 Å². The molecule has 1 nitrogen and oxygen atoms in total. The molecule has 2 aromatic carbocycles. The number of hydrogen-bond donors (Lipinski definition) is 1. The van der Waals surface area contributed by atoms with Gasteiger partial charge in [-0.2, -0.15) is 0 Å². The van der Waals surface area contributed by atoms with Crippen molar-refractivity contribution in [2.75, 3.05) is 5.33 Å². The maximum absolute atomic E-state index is 5.77. The lowest BCUT2D eigenvalue weighted by Gasteiger charge is -2.09. The fourth-order valence-electron chi connectivity index (χ4n) is 2.07. The van der Waals surface area contributed by atoms with Crippen molar-refractivity contribution in [1.29, 1.82) is 0 Å². The molecule has 2 aromatic rings. The van der Waals surface area contributed by atoms with Crippen LogP contribution >= 0.6 is 28.1 Å². The summed E-state index contributed by atoms with van der Waals surface area (Å²) in [6.45, 7) is 0. The summed E-state index contributed by atoms with van der Waals surface area (Å²) in [6, 6.07) is 16.6. The van der Waals surface area contributed by atoms with Crippen LogP contribution in [0.4, 0.5) is 0 Å². The maximum atomic E-state index is 5.77. The molecule has 0 spiro atoms. The Morgan fingerprint density at radius 2 is 1.74 bits per heavy atom. The van der Waals surface area contributed by atoms with E-state index in [-0.39, 0.29) is 0 Å². The number of nitrogens with two attached hydrogens (primary N) is 1. The third-order valence-corrected chi connectivity index (χ3v) is 3.84. The summed E-state index contributed by atoms with van der Waals surface area (Å²) in [6.07, 6.45) is 2.26. The van der Waals surface area contributed by atoms with Crippen molar-refractivity contribution in [3.05, 3.63) is 59.7 Å². The Bertz CT molecular complexity index is 563. The average molecular weight is 334 g/mol. The second-order valence-corrected chi connectivity index (χ2v) is 5.63. The quantitative estimate of drug-likeness (QED) is 0.651. The molecule has 3 heteroatoms. The Kier molecular flexibility index (Phi) is 5.11. The summed E-state index contributed by atoms with van der Waals surface area (Å²) in [5.41, 5.74) is 10.3. The molecular formula is C16H16BrNS. The molecule has 0 bridgehead atoms. The van der Waals surface area contributed by atoms with Gasteiger partial charge in [0.1, 0.15) is 4.99 Å². The van der Waals surface area contributed by atoms with Gasteiger partial charge in [0.05, 0.1) is 0 Å². The van der Waals surface area contributed by atoms with E-state index in [1.165, 1.54) is 5.56 Å². The summed E-state index contributed by atoms with van der Waals surface area (Å²) >= 11 is 8.56. The van der Waals surface area contributed by atoms with E-state index in [0.29, 0.717) is 4.99 Å². The Balaban J connectivity index is 2.30. The maximum Gasteiger partial charge on any atom is 0.104 e. The van der Waals surface area contributed by atoms with Crippen molar-refractivity contribution < 1.29 is 0 Å². The van der Waals surface area contributed by atoms with Gasteiger partial charge in [-0.25, -0.2) is 0 Å². The van der Waals surface area contributed by atoms with Crippen LogP contribution < -0.4 is 5.73 Å². The van der Waals surface area contributed by atoms with E-state index in [0.717, 1.165) is 34.9 Å². The SMILES string of the molecule is NC(=S)c1ccccc1-c1ccc(CCCBr)cc1. The number of rotatable bonds is 5. The molecule has 0 heterocycles. The van der Waals surface area contributed by atoms with Gasteiger partial charge in [-0.15, -0.1) is 0 Å². The highest BCUT2D eigenvalue weighted by molar-refractivity contribution is 9.09. The van der Waals surface area contributed by atoms with Crippen LogP contribution in [0.5, 0.6) is 0 Å². The normalized spacial score (nSPS) is 10.4. The van der Waals surface area contributed by atoms with Crippen LogP contribution in [0, 0.1) is 0 Å². The Morgan fingerprint density at radius 3 is 2.37 bits per heavy atom. The molecule has 0 saturated heterocycles. The molecule has 0 fully saturated rings. The Labute approximate surface area is 128 Å². The largest absolute Gasteiger partial charge is 0.389 e. The number of thiocarbonyl (C=S) groups is 1. The van der Waals surface area contributed by atoms with Crippen molar-refractivity contribution >= 4 is 33.1 Å². The van der Waals surface area contributed by atoms with Gasteiger partial charge in [0.15, 0.2) is 0 Å². The van der Waals surface area contributed by atoms with Crippen LogP contribution in [0.2, 0.25) is 0 Å². The molecule has 0 aliphatic rings. The van der Waals surface area contributed by atoms with Gasteiger partial charge in [-0.3, -0.25) is 0 Å². The van der Waals surface area contributed by atoms with Gasteiger partial charge in [0.25, 0.3) is 0 Å². The summed E-state index contributed by atoms with van der Waals surface area (Å²) in [5.74, 6) is 0. The lowest BCUT2D eigenvalue weighted by atomic mass is 9.98. The zero-order valence-electron chi connectivity index (χ0n) is 10.6. The van der Waals surface area contributed by atoms with E-state index in [9.17, 15) is 0 Å². The smallest absolute Gasteiger partial charge is 0.104 e. The van der Waals surface area contributed by atoms with Gasteiger partial charge in [-0.05, 0) is 29.5 Å². The van der Waals surface area contributed by atoms with Gasteiger partial charge in [0, 0.05) is 10.9 Å². The molecular weight excluding hydrogens is 318 g/mol. The predicted octanol–water partition coefficient (Wildman–Crippen LogP) is 4.32. The molecule has 0 aliphatic carbocycles. The van der Waals surface area contributed by atoms with Crippen molar-refractivity contribution in [2.24, 2.45) is 5.73 Å². The summed E-state index contributed by atoms with van der Waals surface area (Å²) in [7, 11) is 0. The molecule has 2 rings (SSSR count). The van der Waals surface area contributed by atoms with E-state index in [1.54, 1.807) is 0 Å². The van der Waals surface area contributed by atoms with E-state index < -0.39 is 0 Å². The number of benzene rings is 2. The van der Waals surface area contributed by atoms with Crippen LogP contribution in [0.1, 0.15) is 17.5 Å². The van der Waals surface area contributed by atoms with E-state index in [1.807, 2.05) is 18.2 Å². The minimum absolute atomic E-state index is 0.443. The number of halogens is 1. The van der Waals surface area contributed by atoms with Crippen LogP contribution in [0.15, 0.2) is 48.5 Å². The van der Waals surface area contributed by atoms with Gasteiger partial charge in [0.2, 0.25) is 0 Å². The lowest BCUT2D eigenvalue weighted by molar-refractivity contribution is 0.940. The van der Waals surface area contributed by atoms with Gasteiger partial charge in [-0.1, -0.05) is 76.7 Å². The average Bonchev–Trinajstić information content (AvgIpc) is 2.45. The molecule has 0 saturated carbocycles.